The second-order valence-electron chi connectivity index (χ2n) is 18.4. The smallest absolute Gasteiger partial charge is 0.0714 e. The lowest BCUT2D eigenvalue weighted by Gasteiger charge is -2.34. The van der Waals surface area contributed by atoms with Crippen molar-refractivity contribution in [3.05, 3.63) is 294 Å². The summed E-state index contributed by atoms with van der Waals surface area (Å²) in [4.78, 5) is 0. The molecule has 14 rings (SSSR count). The first-order valence-corrected chi connectivity index (χ1v) is 23.4. The normalized spacial score (nSPS) is 14.2. The molecule has 0 bridgehead atoms. The van der Waals surface area contributed by atoms with Crippen LogP contribution in [-0.2, 0) is 5.41 Å². The quantitative estimate of drug-likeness (QED) is 0.157. The number of fused-ring (bicyclic) bond motifs is 10. The van der Waals surface area contributed by atoms with E-state index in [1.807, 2.05) is 0 Å². The van der Waals surface area contributed by atoms with E-state index in [2.05, 4.69) is 259 Å². The van der Waals surface area contributed by atoms with Crippen LogP contribution in [0.2, 0.25) is 0 Å². The number of hydrogen-bond donors (Lipinski definition) is 0. The molecule has 1 heteroatoms. The van der Waals surface area contributed by atoms with Gasteiger partial charge in [-0.25, -0.2) is 0 Å². The van der Waals surface area contributed by atoms with Gasteiger partial charge in [0.25, 0.3) is 0 Å². The number of hydrogen-bond acceptors (Lipinski definition) is 0. The van der Waals surface area contributed by atoms with Crippen LogP contribution in [0.1, 0.15) is 44.9 Å². The summed E-state index contributed by atoms with van der Waals surface area (Å²) in [6.07, 6.45) is 0. The Bertz CT molecular complexity index is 3860. The Morgan fingerprint density at radius 1 is 0.313 bits per heavy atom. The van der Waals surface area contributed by atoms with Crippen molar-refractivity contribution in [1.82, 2.24) is 4.57 Å². The fourth-order valence-corrected chi connectivity index (χ4v) is 12.0. The molecule has 0 saturated heterocycles. The number of aromatic nitrogens is 1. The Labute approximate surface area is 390 Å². The lowest BCUT2D eigenvalue weighted by molar-refractivity contribution is 0.769. The second-order valence-corrected chi connectivity index (χ2v) is 18.4. The van der Waals surface area contributed by atoms with Gasteiger partial charge in [0.05, 0.1) is 16.4 Å². The van der Waals surface area contributed by atoms with E-state index in [0.717, 1.165) is 5.69 Å². The van der Waals surface area contributed by atoms with Crippen LogP contribution in [-0.4, -0.2) is 4.57 Å². The van der Waals surface area contributed by atoms with Gasteiger partial charge in [-0.15, -0.1) is 0 Å². The molecular formula is C66H43N. The molecule has 0 radical (unpaired) electrons. The third-order valence-corrected chi connectivity index (χ3v) is 14.9. The maximum atomic E-state index is 2.52. The first-order valence-electron chi connectivity index (χ1n) is 23.4. The highest BCUT2D eigenvalue weighted by molar-refractivity contribution is 6.13. The number of rotatable bonds is 6. The van der Waals surface area contributed by atoms with Crippen molar-refractivity contribution < 1.29 is 0 Å². The van der Waals surface area contributed by atoms with Gasteiger partial charge in [0.15, 0.2) is 0 Å². The third-order valence-electron chi connectivity index (χ3n) is 14.9. The Morgan fingerprint density at radius 2 is 0.896 bits per heavy atom. The zero-order chi connectivity index (χ0) is 44.1. The van der Waals surface area contributed by atoms with Crippen LogP contribution < -0.4 is 0 Å². The van der Waals surface area contributed by atoms with Gasteiger partial charge in [-0.2, -0.15) is 0 Å². The van der Waals surface area contributed by atoms with Gasteiger partial charge in [0.1, 0.15) is 0 Å². The van der Waals surface area contributed by atoms with Crippen molar-refractivity contribution in [2.75, 3.05) is 0 Å². The minimum absolute atomic E-state index is 0.183. The van der Waals surface area contributed by atoms with Gasteiger partial charge in [0.2, 0.25) is 0 Å². The summed E-state index contributed by atoms with van der Waals surface area (Å²) >= 11 is 0. The fraction of sp³-hybridized carbons (Fsp3) is 0.0303. The monoisotopic (exact) mass is 849 g/mol. The minimum Gasteiger partial charge on any atom is -0.309 e. The van der Waals surface area contributed by atoms with Gasteiger partial charge >= 0.3 is 0 Å². The maximum absolute atomic E-state index is 2.52. The Morgan fingerprint density at radius 3 is 1.67 bits per heavy atom. The standard InChI is InChI=1S/C66H43N/c1-4-16-43(17-5-1)45-30-34-52(35-31-45)67-63-37-33-48(47-32-36-56-57(39-47)53-24-12-13-26-55(53)65(56)49-29-28-44-18-10-11-19-46(44)38-49)40-59(63)60-41-58-54-25-14-15-27-61(54)66(62(58)42-64(60)67,50-20-6-2-7-21-50)51-22-8-3-9-23-51/h1-42,65H. The van der Waals surface area contributed by atoms with E-state index in [-0.39, 0.29) is 5.92 Å². The van der Waals surface area contributed by atoms with Crippen LogP contribution in [0.15, 0.2) is 255 Å². The molecular weight excluding hydrogens is 807 g/mol. The molecule has 0 fully saturated rings. The minimum atomic E-state index is -0.502. The predicted molar refractivity (Wildman–Crippen MR) is 279 cm³/mol. The molecule has 0 N–H and O–H groups in total. The van der Waals surface area contributed by atoms with E-state index in [9.17, 15) is 0 Å². The van der Waals surface area contributed by atoms with E-state index in [0.29, 0.717) is 0 Å². The summed E-state index contributed by atoms with van der Waals surface area (Å²) < 4.78 is 2.50. The number of nitrogens with zero attached hydrogens (tertiary/aromatic N) is 1. The first-order chi connectivity index (χ1) is 33.2. The van der Waals surface area contributed by atoms with Crippen molar-refractivity contribution in [2.45, 2.75) is 11.3 Å². The molecule has 11 aromatic carbocycles. The summed E-state index contributed by atoms with van der Waals surface area (Å²) in [6, 6.07) is 95.2. The van der Waals surface area contributed by atoms with E-state index in [1.165, 1.54) is 116 Å². The van der Waals surface area contributed by atoms with Gasteiger partial charge in [0, 0.05) is 22.4 Å². The van der Waals surface area contributed by atoms with Crippen molar-refractivity contribution in [3.8, 4) is 50.2 Å². The average molecular weight is 850 g/mol. The van der Waals surface area contributed by atoms with E-state index in [1.54, 1.807) is 0 Å². The van der Waals surface area contributed by atoms with Crippen LogP contribution in [0.5, 0.6) is 0 Å². The Balaban J connectivity index is 0.994. The summed E-state index contributed by atoms with van der Waals surface area (Å²) in [5.74, 6) is 0.183. The number of benzene rings is 11. The third kappa shape index (κ3) is 5.62. The summed E-state index contributed by atoms with van der Waals surface area (Å²) in [6.45, 7) is 0. The van der Waals surface area contributed by atoms with E-state index < -0.39 is 5.41 Å². The molecule has 1 aromatic heterocycles. The van der Waals surface area contributed by atoms with Gasteiger partial charge in [-0.3, -0.25) is 0 Å². The highest BCUT2D eigenvalue weighted by Crippen LogP contribution is 2.58. The molecule has 1 heterocycles. The van der Waals surface area contributed by atoms with Crippen molar-refractivity contribution in [3.63, 3.8) is 0 Å². The Kier molecular flexibility index (Phi) is 8.33. The molecule has 67 heavy (non-hydrogen) atoms. The molecule has 1 nitrogen and oxygen atoms in total. The van der Waals surface area contributed by atoms with Crippen LogP contribution in [0.4, 0.5) is 0 Å². The average Bonchev–Trinajstić information content (AvgIpc) is 4.02. The first kappa shape index (κ1) is 37.8. The molecule has 2 aliphatic rings. The largest absolute Gasteiger partial charge is 0.309 e. The molecule has 1 atom stereocenters. The molecule has 12 aromatic rings. The van der Waals surface area contributed by atoms with Crippen LogP contribution in [0.25, 0.3) is 82.8 Å². The van der Waals surface area contributed by atoms with Gasteiger partial charge in [-0.1, -0.05) is 212 Å². The van der Waals surface area contributed by atoms with Gasteiger partial charge in [-0.05, 0) is 137 Å². The van der Waals surface area contributed by atoms with E-state index in [4.69, 9.17) is 0 Å². The lowest BCUT2D eigenvalue weighted by Crippen LogP contribution is -2.28. The van der Waals surface area contributed by atoms with Gasteiger partial charge < -0.3 is 4.57 Å². The highest BCUT2D eigenvalue weighted by atomic mass is 15.0. The fourth-order valence-electron chi connectivity index (χ4n) is 12.0. The molecule has 0 spiro atoms. The lowest BCUT2D eigenvalue weighted by atomic mass is 9.67. The summed E-state index contributed by atoms with van der Waals surface area (Å²) in [5, 5.41) is 5.04. The van der Waals surface area contributed by atoms with Crippen LogP contribution in [0.3, 0.4) is 0 Å². The molecule has 0 aliphatic heterocycles. The van der Waals surface area contributed by atoms with Crippen molar-refractivity contribution in [1.29, 1.82) is 0 Å². The predicted octanol–water partition coefficient (Wildman–Crippen LogP) is 16.8. The Hall–Kier alpha value is -8.52. The molecule has 312 valence electrons. The molecule has 1 unspecified atom stereocenters. The van der Waals surface area contributed by atoms with Crippen LogP contribution >= 0.6 is 0 Å². The van der Waals surface area contributed by atoms with Crippen molar-refractivity contribution >= 4 is 32.6 Å². The zero-order valence-corrected chi connectivity index (χ0v) is 36.8. The highest BCUT2D eigenvalue weighted by Gasteiger charge is 2.46. The summed E-state index contributed by atoms with van der Waals surface area (Å²) in [7, 11) is 0. The zero-order valence-electron chi connectivity index (χ0n) is 36.8. The van der Waals surface area contributed by atoms with Crippen molar-refractivity contribution in [2.24, 2.45) is 0 Å². The molecule has 0 saturated carbocycles. The summed E-state index contributed by atoms with van der Waals surface area (Å²) in [5.41, 5.74) is 22.3. The molecule has 2 aliphatic carbocycles. The SMILES string of the molecule is c1ccc(-c2ccc(-n3c4ccc(-c5ccc6c(c5)-c5ccccc5C6c5ccc6ccccc6c5)cc4c4cc5c(cc43)C(c3ccccc3)(c3ccccc3)c3ccccc3-5)cc2)cc1. The molecule has 0 amide bonds. The van der Waals surface area contributed by atoms with Crippen LogP contribution in [0, 0.1) is 0 Å². The van der Waals surface area contributed by atoms with E-state index >= 15 is 0 Å². The topological polar surface area (TPSA) is 4.93 Å². The maximum Gasteiger partial charge on any atom is 0.0714 e. The second kappa shape index (κ2) is 14.8.